The van der Waals surface area contributed by atoms with Gasteiger partial charge in [-0.15, -0.1) is 11.3 Å². The quantitative estimate of drug-likeness (QED) is 0.106. The number of aromatic nitrogens is 2. The topological polar surface area (TPSA) is 140 Å². The Morgan fingerprint density at radius 2 is 1.05 bits per heavy atom. The summed E-state index contributed by atoms with van der Waals surface area (Å²) in [6.07, 6.45) is 13.8. The molecule has 0 amide bonds. The summed E-state index contributed by atoms with van der Waals surface area (Å²) < 4.78 is 40.5. The van der Waals surface area contributed by atoms with Gasteiger partial charge in [-0.2, -0.15) is 0 Å². The Hall–Kier alpha value is -6.46. The molecular formula is C46H46N2O10S. The zero-order chi connectivity index (χ0) is 41.4. The fourth-order valence-electron chi connectivity index (χ4n) is 7.06. The summed E-state index contributed by atoms with van der Waals surface area (Å²) in [6.45, 7) is 7.56. The summed E-state index contributed by atoms with van der Waals surface area (Å²) in [5.41, 5.74) is 26.3. The van der Waals surface area contributed by atoms with Crippen molar-refractivity contribution < 1.29 is 48.2 Å². The smallest absolute Gasteiger partial charge is 0.356 e. The van der Waals surface area contributed by atoms with Crippen LogP contribution in [-0.2, 0) is 6.54 Å². The van der Waals surface area contributed by atoms with E-state index in [1.54, 1.807) is 4.57 Å². The van der Waals surface area contributed by atoms with Crippen molar-refractivity contribution in [3.05, 3.63) is 75.3 Å². The molecule has 0 atom stereocenters. The highest BCUT2D eigenvalue weighted by atomic mass is 32.1. The van der Waals surface area contributed by atoms with Crippen molar-refractivity contribution in [2.24, 2.45) is 0 Å². The minimum absolute atomic E-state index is 0.00350. The monoisotopic (exact) mass is 818 g/mol. The third-order valence-corrected chi connectivity index (χ3v) is 10.8. The van der Waals surface area contributed by atoms with Crippen molar-refractivity contribution in [2.75, 3.05) is 39.6 Å². The maximum Gasteiger partial charge on any atom is 0.356 e. The summed E-state index contributed by atoms with van der Waals surface area (Å²) in [7, 11) is 0. The van der Waals surface area contributed by atoms with Gasteiger partial charge in [0, 0.05) is 19.4 Å². The Bertz CT molecular complexity index is 2460. The number of ether oxygens (including phenoxy) is 6. The molecule has 0 unspecified atom stereocenters. The van der Waals surface area contributed by atoms with Crippen LogP contribution in [0.5, 0.6) is 34.5 Å². The molecule has 6 rings (SSSR count). The Balaban J connectivity index is 1.50. The fraction of sp³-hybridized carbons (Fsp3) is 0.435. The lowest BCUT2D eigenvalue weighted by molar-refractivity contribution is 0.0671. The summed E-state index contributed by atoms with van der Waals surface area (Å²) in [5, 5.41) is 21.2. The normalized spacial score (nSPS) is 13.2. The van der Waals surface area contributed by atoms with Crippen LogP contribution in [0.1, 0.15) is 105 Å². The summed E-state index contributed by atoms with van der Waals surface area (Å²) in [6, 6.07) is 0. The molecule has 13 heteroatoms. The highest BCUT2D eigenvalue weighted by Crippen LogP contribution is 2.60. The van der Waals surface area contributed by atoms with Crippen molar-refractivity contribution in [1.29, 1.82) is 0 Å². The van der Waals surface area contributed by atoms with Crippen molar-refractivity contribution in [2.45, 2.75) is 90.5 Å². The Morgan fingerprint density at radius 1 is 0.593 bits per heavy atom. The first-order valence-corrected chi connectivity index (χ1v) is 20.9. The lowest BCUT2D eigenvalue weighted by Gasteiger charge is -2.19. The summed E-state index contributed by atoms with van der Waals surface area (Å²) >= 11 is 1.25. The van der Waals surface area contributed by atoms with E-state index in [2.05, 4.69) is 70.8 Å². The first kappa shape index (κ1) is 42.2. The van der Waals surface area contributed by atoms with Crippen LogP contribution in [0.2, 0.25) is 0 Å². The predicted octanol–water partition coefficient (Wildman–Crippen LogP) is 9.75. The molecule has 0 saturated heterocycles. The molecule has 306 valence electrons. The Morgan fingerprint density at radius 3 is 1.61 bits per heavy atom. The first-order chi connectivity index (χ1) is 29.0. The maximum absolute atomic E-state index is 13.0. The number of hydrogen-bond acceptors (Lipinski definition) is 9. The molecule has 0 aromatic carbocycles. The predicted molar refractivity (Wildman–Crippen MR) is 221 cm³/mol. The van der Waals surface area contributed by atoms with Gasteiger partial charge in [0.05, 0.1) is 32.6 Å². The molecule has 3 aliphatic heterocycles. The van der Waals surface area contributed by atoms with Crippen molar-refractivity contribution >= 4 is 29.5 Å². The van der Waals surface area contributed by atoms with E-state index in [9.17, 15) is 19.8 Å². The lowest BCUT2D eigenvalue weighted by atomic mass is 10.1. The molecule has 6 heterocycles. The molecule has 0 fully saturated rings. The van der Waals surface area contributed by atoms with Gasteiger partial charge in [-0.1, -0.05) is 70.4 Å². The Labute approximate surface area is 346 Å². The van der Waals surface area contributed by atoms with Gasteiger partial charge in [-0.3, -0.25) is 4.57 Å². The zero-order valence-electron chi connectivity index (χ0n) is 33.2. The van der Waals surface area contributed by atoms with E-state index in [4.69, 9.17) is 28.4 Å². The largest absolute Gasteiger partial charge is 0.487 e. The van der Waals surface area contributed by atoms with E-state index in [0.717, 1.165) is 25.7 Å². The number of carbonyl (C=O) groups is 2. The first-order valence-electron chi connectivity index (χ1n) is 20.0. The number of unbranched alkanes of at least 4 members (excludes halogenated alkanes) is 9. The van der Waals surface area contributed by atoms with E-state index < -0.39 is 11.9 Å². The summed E-state index contributed by atoms with van der Waals surface area (Å²) in [5.74, 6) is -0.949. The minimum atomic E-state index is -1.27. The second-order valence-corrected chi connectivity index (χ2v) is 14.7. The minimum Gasteiger partial charge on any atom is -0.487 e. The van der Waals surface area contributed by atoms with Crippen LogP contribution in [0.25, 0.3) is 27.3 Å². The van der Waals surface area contributed by atoms with Gasteiger partial charge < -0.3 is 43.2 Å². The molecule has 0 saturated carbocycles. The van der Waals surface area contributed by atoms with Gasteiger partial charge in [0.15, 0.2) is 45.9 Å². The van der Waals surface area contributed by atoms with Crippen molar-refractivity contribution in [3.8, 4) is 55.6 Å². The second kappa shape index (κ2) is 21.3. The molecule has 0 radical (unpaired) electrons. The highest BCUT2D eigenvalue weighted by Gasteiger charge is 2.40. The van der Waals surface area contributed by atoms with Crippen molar-refractivity contribution in [3.63, 3.8) is 0 Å². The molecule has 0 bridgehead atoms. The number of fused-ring (bicyclic) bond motifs is 3. The highest BCUT2D eigenvalue weighted by molar-refractivity contribution is 7.19. The Kier molecular flexibility index (Phi) is 15.2. The second-order valence-electron chi connectivity index (χ2n) is 13.7. The molecule has 12 nitrogen and oxygen atoms in total. The number of aromatic carboxylic acids is 2. The van der Waals surface area contributed by atoms with E-state index in [1.807, 2.05) is 0 Å². The molecule has 3 aromatic heterocycles. The molecule has 59 heavy (non-hydrogen) atoms. The number of nitrogens with zero attached hydrogens (tertiary/aromatic N) is 2. The van der Waals surface area contributed by atoms with E-state index in [0.29, 0.717) is 71.0 Å². The van der Waals surface area contributed by atoms with E-state index in [-0.39, 0.29) is 55.1 Å². The van der Waals surface area contributed by atoms with Gasteiger partial charge in [0.2, 0.25) is 0 Å². The van der Waals surface area contributed by atoms with E-state index in [1.165, 1.54) is 60.6 Å². The average molecular weight is 819 g/mol. The zero-order valence-corrected chi connectivity index (χ0v) is 34.0. The van der Waals surface area contributed by atoms with Gasteiger partial charge in [0.1, 0.15) is 34.4 Å². The third kappa shape index (κ3) is 9.99. The number of hydrogen-bond donors (Lipinski definition) is 2. The van der Waals surface area contributed by atoms with Crippen LogP contribution < -0.4 is 28.4 Å². The number of carboxylic acid groups (broad SMARTS) is 2. The van der Waals surface area contributed by atoms with Crippen LogP contribution in [0, 0.1) is 0 Å². The molecule has 3 aliphatic rings. The molecular weight excluding hydrogens is 773 g/mol. The average Bonchev–Trinajstić information content (AvgIpc) is 3.67. The number of thiophene rings is 1. The summed E-state index contributed by atoms with van der Waals surface area (Å²) in [4.78, 5) is 27.0. The molecule has 0 aliphatic carbocycles. The third-order valence-electron chi connectivity index (χ3n) is 9.62. The lowest BCUT2D eigenvalue weighted by Crippen LogP contribution is -2.16. The maximum atomic E-state index is 13.0. The number of rotatable bonds is 16. The number of carboxylic acids is 2. The van der Waals surface area contributed by atoms with Gasteiger partial charge >= 0.3 is 11.9 Å². The molecule has 3 aromatic rings. The van der Waals surface area contributed by atoms with Crippen molar-refractivity contribution in [1.82, 2.24) is 9.13 Å². The fourth-order valence-corrected chi connectivity index (χ4v) is 8.34. The SMILES string of the molecule is C=C=C=C=C=C=C=C=C=C=C=Cn1c(C(=O)O)c2c(c1-c1sc(-c3c4c(c(C(=O)O)n3CCCCCCCCCCCC)OCCCO4)c3c1OCCO3)OCCCO2. The van der Waals surface area contributed by atoms with Gasteiger partial charge in [0.25, 0.3) is 0 Å². The van der Waals surface area contributed by atoms with Crippen LogP contribution >= 0.6 is 11.3 Å². The van der Waals surface area contributed by atoms with Gasteiger partial charge in [-0.25, -0.2) is 9.59 Å². The standard InChI is InChI=1S/C46H46N2O10S/c1-3-5-7-9-11-13-15-17-19-21-25-47-33(37-39(35(47)45(49)50)55-29-23-27-53-37)43-41-42(58-32-31-57-41)44(59-43)34-38-40(56-30-24-28-54-38)36(46(51)52)48(34)26-22-20-18-16-14-12-10-8-6-4-2/h25H,1,4,6,8,10,12,14,16,18,20,22-24,26-32H2,2H3,(H,49,50)(H,51,52). The van der Waals surface area contributed by atoms with Gasteiger partial charge in [-0.05, 0) is 64.6 Å². The van der Waals surface area contributed by atoms with Crippen LogP contribution in [0.15, 0.2) is 63.9 Å². The van der Waals surface area contributed by atoms with Crippen LogP contribution in [0.4, 0.5) is 0 Å². The molecule has 2 N–H and O–H groups in total. The van der Waals surface area contributed by atoms with E-state index >= 15 is 0 Å². The molecule has 0 spiro atoms. The van der Waals surface area contributed by atoms with Crippen LogP contribution in [0.3, 0.4) is 0 Å². The van der Waals surface area contributed by atoms with Crippen LogP contribution in [-0.4, -0.2) is 70.9 Å².